The van der Waals surface area contributed by atoms with Crippen molar-refractivity contribution in [3.8, 4) is 22.5 Å². The van der Waals surface area contributed by atoms with E-state index in [9.17, 15) is 8.78 Å². The molecular formula is C17H12F2N2. The third-order valence-electron chi connectivity index (χ3n) is 3.13. The van der Waals surface area contributed by atoms with Crippen molar-refractivity contribution in [2.45, 2.75) is 6.92 Å². The fourth-order valence-corrected chi connectivity index (χ4v) is 2.11. The lowest BCUT2D eigenvalue weighted by Crippen LogP contribution is -1.95. The first-order chi connectivity index (χ1) is 10.1. The second kappa shape index (κ2) is 5.40. The van der Waals surface area contributed by atoms with Crippen molar-refractivity contribution < 1.29 is 8.78 Å². The van der Waals surface area contributed by atoms with E-state index in [1.165, 1.54) is 24.3 Å². The smallest absolute Gasteiger partial charge is 0.123 e. The molecule has 0 atom stereocenters. The topological polar surface area (TPSA) is 25.8 Å². The van der Waals surface area contributed by atoms with Crippen LogP contribution in [0.3, 0.4) is 0 Å². The summed E-state index contributed by atoms with van der Waals surface area (Å²) in [6.45, 7) is 1.84. The molecule has 3 aromatic rings. The van der Waals surface area contributed by atoms with Gasteiger partial charge in [0, 0.05) is 17.3 Å². The average molecular weight is 282 g/mol. The van der Waals surface area contributed by atoms with Crippen molar-refractivity contribution in [1.82, 2.24) is 9.97 Å². The van der Waals surface area contributed by atoms with E-state index in [0.29, 0.717) is 11.4 Å². The Morgan fingerprint density at radius 2 is 1.19 bits per heavy atom. The summed E-state index contributed by atoms with van der Waals surface area (Å²) in [5.74, 6) is -0.607. The van der Waals surface area contributed by atoms with E-state index in [0.717, 1.165) is 16.8 Å². The van der Waals surface area contributed by atoms with Crippen LogP contribution in [0.4, 0.5) is 8.78 Å². The van der Waals surface area contributed by atoms with Gasteiger partial charge in [-0.3, -0.25) is 4.98 Å². The maximum absolute atomic E-state index is 13.1. The molecular weight excluding hydrogens is 270 g/mol. The number of benzene rings is 2. The Morgan fingerprint density at radius 1 is 0.714 bits per heavy atom. The van der Waals surface area contributed by atoms with Crippen molar-refractivity contribution in [2.75, 3.05) is 0 Å². The van der Waals surface area contributed by atoms with Crippen molar-refractivity contribution in [3.63, 3.8) is 0 Å². The molecule has 21 heavy (non-hydrogen) atoms. The minimum atomic E-state index is -0.304. The highest BCUT2D eigenvalue weighted by Crippen LogP contribution is 2.29. The summed E-state index contributed by atoms with van der Waals surface area (Å²) in [7, 11) is 0. The van der Waals surface area contributed by atoms with Gasteiger partial charge in [0.15, 0.2) is 0 Å². The van der Waals surface area contributed by atoms with Crippen LogP contribution in [0.1, 0.15) is 5.69 Å². The van der Waals surface area contributed by atoms with Crippen molar-refractivity contribution in [2.24, 2.45) is 0 Å². The molecule has 0 unspecified atom stereocenters. The highest BCUT2D eigenvalue weighted by molar-refractivity contribution is 5.77. The van der Waals surface area contributed by atoms with Gasteiger partial charge in [-0.2, -0.15) is 0 Å². The Kier molecular flexibility index (Phi) is 3.44. The van der Waals surface area contributed by atoms with Gasteiger partial charge < -0.3 is 0 Å². The van der Waals surface area contributed by atoms with Gasteiger partial charge in [0.25, 0.3) is 0 Å². The molecule has 4 heteroatoms. The van der Waals surface area contributed by atoms with Crippen LogP contribution in [0.2, 0.25) is 0 Å². The number of aromatic nitrogens is 2. The van der Waals surface area contributed by atoms with Crippen LogP contribution in [-0.2, 0) is 0 Å². The molecule has 0 saturated carbocycles. The summed E-state index contributed by atoms with van der Waals surface area (Å²) < 4.78 is 26.1. The minimum absolute atomic E-state index is 0.303. The average Bonchev–Trinajstić information content (AvgIpc) is 2.49. The quantitative estimate of drug-likeness (QED) is 0.696. The maximum atomic E-state index is 13.1. The number of nitrogens with zero attached hydrogens (tertiary/aromatic N) is 2. The Morgan fingerprint density at radius 3 is 1.71 bits per heavy atom. The molecule has 0 aliphatic heterocycles. The fraction of sp³-hybridized carbons (Fsp3) is 0.0588. The lowest BCUT2D eigenvalue weighted by atomic mass is 10.0. The summed E-state index contributed by atoms with van der Waals surface area (Å²) >= 11 is 0. The molecule has 1 aromatic heterocycles. The van der Waals surface area contributed by atoms with Gasteiger partial charge in [-0.05, 0) is 55.5 Å². The number of halogens is 2. The molecule has 1 heterocycles. The number of hydrogen-bond acceptors (Lipinski definition) is 2. The lowest BCUT2D eigenvalue weighted by Gasteiger charge is -2.09. The standard InChI is InChI=1S/C17H12F2N2/c1-11-10-20-16(12-2-6-14(18)7-3-12)17(21-11)13-4-8-15(19)9-5-13/h2-10H,1H3. The summed E-state index contributed by atoms with van der Waals surface area (Å²) in [6.07, 6.45) is 1.66. The molecule has 0 bridgehead atoms. The molecule has 2 aromatic carbocycles. The molecule has 2 nitrogen and oxygen atoms in total. The van der Waals surface area contributed by atoms with Crippen LogP contribution in [-0.4, -0.2) is 9.97 Å². The predicted octanol–water partition coefficient (Wildman–Crippen LogP) is 4.40. The zero-order valence-electron chi connectivity index (χ0n) is 11.3. The SMILES string of the molecule is Cc1cnc(-c2ccc(F)cc2)c(-c2ccc(F)cc2)n1. The lowest BCUT2D eigenvalue weighted by molar-refractivity contribution is 0.627. The van der Waals surface area contributed by atoms with Gasteiger partial charge in [-0.15, -0.1) is 0 Å². The Balaban J connectivity index is 2.17. The van der Waals surface area contributed by atoms with E-state index in [1.54, 1.807) is 30.5 Å². The summed E-state index contributed by atoms with van der Waals surface area (Å²) in [5.41, 5.74) is 3.60. The monoisotopic (exact) mass is 282 g/mol. The normalized spacial score (nSPS) is 10.6. The molecule has 0 N–H and O–H groups in total. The van der Waals surface area contributed by atoms with Gasteiger partial charge in [-0.25, -0.2) is 13.8 Å². The minimum Gasteiger partial charge on any atom is -0.252 e. The van der Waals surface area contributed by atoms with Gasteiger partial charge >= 0.3 is 0 Å². The maximum Gasteiger partial charge on any atom is 0.123 e. The molecule has 0 saturated heterocycles. The second-order valence-electron chi connectivity index (χ2n) is 4.72. The largest absolute Gasteiger partial charge is 0.252 e. The predicted molar refractivity (Wildman–Crippen MR) is 77.6 cm³/mol. The molecule has 0 fully saturated rings. The van der Waals surface area contributed by atoms with Gasteiger partial charge in [0.1, 0.15) is 11.6 Å². The molecule has 0 spiro atoms. The first-order valence-corrected chi connectivity index (χ1v) is 6.49. The van der Waals surface area contributed by atoms with Crippen LogP contribution < -0.4 is 0 Å². The number of aryl methyl sites for hydroxylation is 1. The summed E-state index contributed by atoms with van der Waals surface area (Å²) in [6, 6.07) is 12.2. The highest BCUT2D eigenvalue weighted by Gasteiger charge is 2.11. The zero-order chi connectivity index (χ0) is 14.8. The molecule has 104 valence electrons. The van der Waals surface area contributed by atoms with Crippen LogP contribution in [0.5, 0.6) is 0 Å². The third-order valence-corrected chi connectivity index (χ3v) is 3.13. The highest BCUT2D eigenvalue weighted by atomic mass is 19.1. The van der Waals surface area contributed by atoms with Crippen LogP contribution in [0, 0.1) is 18.6 Å². The molecule has 0 amide bonds. The van der Waals surface area contributed by atoms with E-state index >= 15 is 0 Å². The first kappa shape index (κ1) is 13.4. The van der Waals surface area contributed by atoms with Crippen LogP contribution in [0.25, 0.3) is 22.5 Å². The van der Waals surface area contributed by atoms with Gasteiger partial charge in [-0.1, -0.05) is 0 Å². The van der Waals surface area contributed by atoms with Crippen LogP contribution >= 0.6 is 0 Å². The zero-order valence-corrected chi connectivity index (χ0v) is 11.3. The number of rotatable bonds is 2. The van der Waals surface area contributed by atoms with Gasteiger partial charge in [0.05, 0.1) is 17.1 Å². The van der Waals surface area contributed by atoms with E-state index in [-0.39, 0.29) is 11.6 Å². The first-order valence-electron chi connectivity index (χ1n) is 6.49. The fourth-order valence-electron chi connectivity index (χ4n) is 2.11. The molecule has 0 radical (unpaired) electrons. The second-order valence-corrected chi connectivity index (χ2v) is 4.72. The Bertz CT molecular complexity index is 766. The molecule has 0 aliphatic rings. The Hall–Kier alpha value is -2.62. The van der Waals surface area contributed by atoms with Crippen molar-refractivity contribution in [1.29, 1.82) is 0 Å². The molecule has 0 aliphatic carbocycles. The Labute approximate surface area is 121 Å². The van der Waals surface area contributed by atoms with Crippen molar-refractivity contribution >= 4 is 0 Å². The van der Waals surface area contributed by atoms with Crippen LogP contribution in [0.15, 0.2) is 54.7 Å². The van der Waals surface area contributed by atoms with Crippen molar-refractivity contribution in [3.05, 3.63) is 72.1 Å². The van der Waals surface area contributed by atoms with Gasteiger partial charge in [0.2, 0.25) is 0 Å². The van der Waals surface area contributed by atoms with E-state index in [2.05, 4.69) is 9.97 Å². The third kappa shape index (κ3) is 2.79. The van der Waals surface area contributed by atoms with E-state index in [4.69, 9.17) is 0 Å². The molecule has 3 rings (SSSR count). The van der Waals surface area contributed by atoms with E-state index in [1.807, 2.05) is 6.92 Å². The summed E-state index contributed by atoms with van der Waals surface area (Å²) in [5, 5.41) is 0. The van der Waals surface area contributed by atoms with E-state index < -0.39 is 0 Å². The number of hydrogen-bond donors (Lipinski definition) is 0. The summed E-state index contributed by atoms with van der Waals surface area (Å²) in [4.78, 5) is 8.89.